The van der Waals surface area contributed by atoms with Crippen LogP contribution in [0.4, 0.5) is 11.4 Å². The van der Waals surface area contributed by atoms with Crippen LogP contribution in [0.15, 0.2) is 65.9 Å². The van der Waals surface area contributed by atoms with E-state index in [9.17, 15) is 9.90 Å². The predicted molar refractivity (Wildman–Crippen MR) is 140 cm³/mol. The molecule has 8 heteroatoms. The highest BCUT2D eigenvalue weighted by Gasteiger charge is 2.36. The summed E-state index contributed by atoms with van der Waals surface area (Å²) in [6, 6.07) is 16.5. The number of halogens is 1. The molecule has 2 aliphatic rings. The molecule has 1 heterocycles. The van der Waals surface area contributed by atoms with Crippen LogP contribution in [0.2, 0.25) is 5.02 Å². The SMILES string of the molecule is COc1ccc([C@H]2CC(=O)C3=C(C2)Nc2ccccc2N[C@H]3c2cc(Cl)c(O)c(OC)c2)cc1OC. The third kappa shape index (κ3) is 4.20. The molecule has 3 N–H and O–H groups in total. The molecule has 36 heavy (non-hydrogen) atoms. The van der Waals surface area contributed by atoms with Gasteiger partial charge in [0, 0.05) is 17.7 Å². The number of hydrogen-bond acceptors (Lipinski definition) is 7. The molecular weight excluding hydrogens is 480 g/mol. The van der Waals surface area contributed by atoms with Crippen LogP contribution in [0.1, 0.15) is 35.9 Å². The van der Waals surface area contributed by atoms with Crippen LogP contribution in [-0.4, -0.2) is 32.2 Å². The van der Waals surface area contributed by atoms with Crippen LogP contribution >= 0.6 is 11.6 Å². The van der Waals surface area contributed by atoms with E-state index in [-0.39, 0.29) is 28.2 Å². The van der Waals surface area contributed by atoms with Crippen molar-refractivity contribution in [3.05, 3.63) is 82.0 Å². The zero-order valence-electron chi connectivity index (χ0n) is 20.2. The number of carbonyl (C=O) groups excluding carboxylic acids is 1. The first-order valence-electron chi connectivity index (χ1n) is 11.6. The minimum Gasteiger partial charge on any atom is -0.503 e. The number of anilines is 2. The number of carbonyl (C=O) groups is 1. The van der Waals surface area contributed by atoms with Crippen LogP contribution in [0.25, 0.3) is 0 Å². The van der Waals surface area contributed by atoms with Gasteiger partial charge in [0.15, 0.2) is 28.8 Å². The molecule has 3 aromatic carbocycles. The van der Waals surface area contributed by atoms with E-state index in [4.69, 9.17) is 25.8 Å². The van der Waals surface area contributed by atoms with Gasteiger partial charge in [-0.2, -0.15) is 0 Å². The molecule has 5 rings (SSSR count). The molecule has 0 saturated carbocycles. The Morgan fingerprint density at radius 2 is 1.56 bits per heavy atom. The van der Waals surface area contributed by atoms with Gasteiger partial charge >= 0.3 is 0 Å². The number of phenolic OH excluding ortho intramolecular Hbond substituents is 1. The number of phenols is 1. The molecule has 1 aliphatic heterocycles. The van der Waals surface area contributed by atoms with Crippen molar-refractivity contribution in [3.63, 3.8) is 0 Å². The number of ether oxygens (including phenoxy) is 3. The smallest absolute Gasteiger partial charge is 0.176 e. The highest BCUT2D eigenvalue weighted by atomic mass is 35.5. The van der Waals surface area contributed by atoms with Gasteiger partial charge in [0.05, 0.1) is 43.8 Å². The summed E-state index contributed by atoms with van der Waals surface area (Å²) < 4.78 is 16.2. The van der Waals surface area contributed by atoms with Gasteiger partial charge in [-0.15, -0.1) is 0 Å². The first kappa shape index (κ1) is 23.9. The zero-order chi connectivity index (χ0) is 25.4. The Balaban J connectivity index is 1.61. The fraction of sp³-hybridized carbons (Fsp3) is 0.250. The van der Waals surface area contributed by atoms with E-state index < -0.39 is 6.04 Å². The Labute approximate surface area is 214 Å². The van der Waals surface area contributed by atoms with Crippen molar-refractivity contribution in [1.82, 2.24) is 0 Å². The highest BCUT2D eigenvalue weighted by molar-refractivity contribution is 6.32. The van der Waals surface area contributed by atoms with Gasteiger partial charge < -0.3 is 30.0 Å². The van der Waals surface area contributed by atoms with Crippen LogP contribution in [0.5, 0.6) is 23.0 Å². The van der Waals surface area contributed by atoms with Crippen LogP contribution < -0.4 is 24.8 Å². The summed E-state index contributed by atoms with van der Waals surface area (Å²) in [6.45, 7) is 0. The molecule has 0 bridgehead atoms. The average Bonchev–Trinajstić information content (AvgIpc) is 3.06. The standard InChI is InChI=1S/C28H27ClN2O5/c1-34-23-9-8-15(13-24(23)35-2)16-11-21-26(22(32)12-16)27(31-20-7-5-4-6-19(20)30-21)17-10-18(29)28(33)25(14-17)36-3/h4-10,13-14,16,27,30-31,33H,11-12H2,1-3H3/t16-,27+/m1/s1. The van der Waals surface area contributed by atoms with Gasteiger partial charge in [0.25, 0.3) is 0 Å². The van der Waals surface area contributed by atoms with Crippen molar-refractivity contribution in [3.8, 4) is 23.0 Å². The number of hydrogen-bond donors (Lipinski definition) is 3. The lowest BCUT2D eigenvalue weighted by Crippen LogP contribution is -2.27. The molecule has 0 fully saturated rings. The van der Waals surface area contributed by atoms with E-state index in [2.05, 4.69) is 10.6 Å². The van der Waals surface area contributed by atoms with Crippen molar-refractivity contribution < 1.29 is 24.1 Å². The fourth-order valence-corrected chi connectivity index (χ4v) is 5.22. The third-order valence-electron chi connectivity index (χ3n) is 6.79. The molecule has 0 aromatic heterocycles. The number of para-hydroxylation sites is 2. The molecule has 0 unspecified atom stereocenters. The normalized spacial score (nSPS) is 18.8. The Morgan fingerprint density at radius 1 is 0.861 bits per heavy atom. The Morgan fingerprint density at radius 3 is 2.28 bits per heavy atom. The van der Waals surface area contributed by atoms with Gasteiger partial charge in [-0.3, -0.25) is 4.79 Å². The number of benzene rings is 3. The maximum atomic E-state index is 13.8. The van der Waals surface area contributed by atoms with E-state index in [1.807, 2.05) is 42.5 Å². The number of rotatable bonds is 5. The number of Topliss-reactive ketones (excluding diaryl/α,β-unsaturated/α-hetero) is 1. The van der Waals surface area contributed by atoms with Gasteiger partial charge in [-0.1, -0.05) is 29.8 Å². The summed E-state index contributed by atoms with van der Waals surface area (Å²) in [5, 5.41) is 17.5. The monoisotopic (exact) mass is 506 g/mol. The molecule has 0 amide bonds. The van der Waals surface area contributed by atoms with Crippen LogP contribution in [0.3, 0.4) is 0 Å². The lowest BCUT2D eigenvalue weighted by atomic mass is 9.78. The molecule has 0 saturated heterocycles. The molecule has 0 radical (unpaired) electrons. The molecule has 2 atom stereocenters. The van der Waals surface area contributed by atoms with Crippen molar-refractivity contribution in [2.75, 3.05) is 32.0 Å². The van der Waals surface area contributed by atoms with E-state index in [1.165, 1.54) is 7.11 Å². The van der Waals surface area contributed by atoms with Crippen molar-refractivity contribution >= 4 is 28.8 Å². The lowest BCUT2D eigenvalue weighted by Gasteiger charge is -2.30. The Kier molecular flexibility index (Phi) is 6.41. The second kappa shape index (κ2) is 9.66. The summed E-state index contributed by atoms with van der Waals surface area (Å²) in [5.74, 6) is 1.38. The molecule has 7 nitrogen and oxygen atoms in total. The van der Waals surface area contributed by atoms with Gasteiger partial charge in [0.2, 0.25) is 0 Å². The van der Waals surface area contributed by atoms with E-state index in [1.54, 1.807) is 26.4 Å². The number of aromatic hydroxyl groups is 1. The first-order valence-corrected chi connectivity index (χ1v) is 12.0. The van der Waals surface area contributed by atoms with Crippen molar-refractivity contribution in [2.24, 2.45) is 0 Å². The molecular formula is C28H27ClN2O5. The summed E-state index contributed by atoms with van der Waals surface area (Å²) in [7, 11) is 4.67. The van der Waals surface area contributed by atoms with Gasteiger partial charge in [0.1, 0.15) is 0 Å². The van der Waals surface area contributed by atoms with Crippen molar-refractivity contribution in [1.29, 1.82) is 0 Å². The molecule has 3 aromatic rings. The topological polar surface area (TPSA) is 89.1 Å². The number of ketones is 1. The minimum atomic E-state index is -0.484. The summed E-state index contributed by atoms with van der Waals surface area (Å²) in [5.41, 5.74) is 4.95. The second-order valence-corrected chi connectivity index (χ2v) is 9.24. The number of methoxy groups -OCH3 is 3. The predicted octanol–water partition coefficient (Wildman–Crippen LogP) is 6.05. The van der Waals surface area contributed by atoms with Gasteiger partial charge in [-0.25, -0.2) is 0 Å². The van der Waals surface area contributed by atoms with E-state index >= 15 is 0 Å². The summed E-state index contributed by atoms with van der Waals surface area (Å²) >= 11 is 6.33. The summed E-state index contributed by atoms with van der Waals surface area (Å²) in [4.78, 5) is 13.8. The number of nitrogens with one attached hydrogen (secondary N) is 2. The Hall–Kier alpha value is -3.84. The Bertz CT molecular complexity index is 1370. The van der Waals surface area contributed by atoms with E-state index in [0.717, 1.165) is 28.2 Å². The maximum Gasteiger partial charge on any atom is 0.176 e. The lowest BCUT2D eigenvalue weighted by molar-refractivity contribution is -0.116. The molecule has 0 spiro atoms. The van der Waals surface area contributed by atoms with Gasteiger partial charge in [-0.05, 0) is 59.9 Å². The summed E-state index contributed by atoms with van der Waals surface area (Å²) in [6.07, 6.45) is 0.972. The largest absolute Gasteiger partial charge is 0.503 e. The van der Waals surface area contributed by atoms with Crippen LogP contribution in [-0.2, 0) is 4.79 Å². The highest BCUT2D eigenvalue weighted by Crippen LogP contribution is 2.47. The first-order chi connectivity index (χ1) is 17.4. The number of fused-ring (bicyclic) bond motifs is 1. The maximum absolute atomic E-state index is 13.8. The second-order valence-electron chi connectivity index (χ2n) is 8.84. The fourth-order valence-electron chi connectivity index (χ4n) is 5.00. The van der Waals surface area contributed by atoms with Crippen LogP contribution in [0, 0.1) is 0 Å². The molecule has 186 valence electrons. The minimum absolute atomic E-state index is 0.0250. The van der Waals surface area contributed by atoms with E-state index in [0.29, 0.717) is 29.9 Å². The zero-order valence-corrected chi connectivity index (χ0v) is 21.0. The molecule has 1 aliphatic carbocycles. The quantitative estimate of drug-likeness (QED) is 0.388. The average molecular weight is 507 g/mol. The number of allylic oxidation sites excluding steroid dienone is 1. The van der Waals surface area contributed by atoms with Crippen molar-refractivity contribution in [2.45, 2.75) is 24.8 Å². The third-order valence-corrected chi connectivity index (χ3v) is 7.08.